The predicted octanol–water partition coefficient (Wildman–Crippen LogP) is 2.97. The molecule has 0 spiro atoms. The molecule has 0 aliphatic rings. The molecule has 0 radical (unpaired) electrons. The lowest BCUT2D eigenvalue weighted by molar-refractivity contribution is -0.138. The molecule has 19 heavy (non-hydrogen) atoms. The zero-order valence-corrected chi connectivity index (χ0v) is 11.9. The van der Waals surface area contributed by atoms with Crippen molar-refractivity contribution in [1.82, 2.24) is 5.32 Å². The van der Waals surface area contributed by atoms with Gasteiger partial charge in [-0.2, -0.15) is 13.2 Å². The van der Waals surface area contributed by atoms with Crippen LogP contribution in [0.3, 0.4) is 0 Å². The Bertz CT molecular complexity index is 481. The van der Waals surface area contributed by atoms with Crippen molar-refractivity contribution in [1.29, 1.82) is 0 Å². The lowest BCUT2D eigenvalue weighted by Crippen LogP contribution is -2.38. The van der Waals surface area contributed by atoms with Gasteiger partial charge in [-0.25, -0.2) is 0 Å². The number of amides is 1. The maximum Gasteiger partial charge on any atom is 0.417 e. The third-order valence-corrected chi connectivity index (χ3v) is 2.71. The first-order valence-corrected chi connectivity index (χ1v) is 6.17. The molecule has 1 rings (SSSR count). The van der Waals surface area contributed by atoms with E-state index < -0.39 is 28.8 Å². The number of alkyl halides is 3. The van der Waals surface area contributed by atoms with Gasteiger partial charge in [-0.15, -0.1) is 0 Å². The SMILES string of the molecule is CC(C)(O)CNC(=O)c1ccc(Br)cc1C(F)(F)F. The van der Waals surface area contributed by atoms with Gasteiger partial charge in [0.1, 0.15) is 0 Å². The van der Waals surface area contributed by atoms with Crippen molar-refractivity contribution in [2.24, 2.45) is 0 Å². The standard InChI is InChI=1S/C12H13BrF3NO2/c1-11(2,19)6-17-10(18)8-4-3-7(13)5-9(8)12(14,15)16/h3-5,19H,6H2,1-2H3,(H,17,18). The second kappa shape index (κ2) is 5.50. The highest BCUT2D eigenvalue weighted by Crippen LogP contribution is 2.33. The monoisotopic (exact) mass is 339 g/mol. The summed E-state index contributed by atoms with van der Waals surface area (Å²) in [6, 6.07) is 3.29. The maximum absolute atomic E-state index is 12.8. The largest absolute Gasteiger partial charge is 0.417 e. The van der Waals surface area contributed by atoms with Gasteiger partial charge in [-0.3, -0.25) is 4.79 Å². The molecule has 7 heteroatoms. The normalized spacial score (nSPS) is 12.4. The maximum atomic E-state index is 12.8. The van der Waals surface area contributed by atoms with Crippen molar-refractivity contribution in [3.8, 4) is 0 Å². The van der Waals surface area contributed by atoms with Crippen LogP contribution in [0.2, 0.25) is 0 Å². The first-order valence-electron chi connectivity index (χ1n) is 5.38. The Hall–Kier alpha value is -1.08. The van der Waals surface area contributed by atoms with Crippen LogP contribution in [0, 0.1) is 0 Å². The van der Waals surface area contributed by atoms with E-state index in [-0.39, 0.29) is 11.0 Å². The third-order valence-electron chi connectivity index (χ3n) is 2.21. The summed E-state index contributed by atoms with van der Waals surface area (Å²) in [4.78, 5) is 11.7. The molecule has 0 fully saturated rings. The number of aliphatic hydroxyl groups is 1. The molecular weight excluding hydrogens is 327 g/mol. The highest BCUT2D eigenvalue weighted by atomic mass is 79.9. The Kier molecular flexibility index (Phi) is 4.63. The van der Waals surface area contributed by atoms with Crippen molar-refractivity contribution in [2.75, 3.05) is 6.54 Å². The van der Waals surface area contributed by atoms with E-state index in [1.807, 2.05) is 0 Å². The molecule has 0 aliphatic carbocycles. The minimum atomic E-state index is -4.62. The highest BCUT2D eigenvalue weighted by molar-refractivity contribution is 9.10. The number of carbonyl (C=O) groups is 1. The Morgan fingerprint density at radius 3 is 2.42 bits per heavy atom. The van der Waals surface area contributed by atoms with Crippen molar-refractivity contribution in [3.05, 3.63) is 33.8 Å². The van der Waals surface area contributed by atoms with E-state index in [4.69, 9.17) is 0 Å². The summed E-state index contributed by atoms with van der Waals surface area (Å²) in [6.45, 7) is 2.75. The van der Waals surface area contributed by atoms with E-state index in [1.165, 1.54) is 19.9 Å². The van der Waals surface area contributed by atoms with Gasteiger partial charge >= 0.3 is 6.18 Å². The molecule has 1 aromatic rings. The van der Waals surface area contributed by atoms with E-state index in [0.29, 0.717) is 0 Å². The van der Waals surface area contributed by atoms with Crippen molar-refractivity contribution in [3.63, 3.8) is 0 Å². The Balaban J connectivity index is 3.03. The van der Waals surface area contributed by atoms with E-state index in [9.17, 15) is 23.1 Å². The van der Waals surface area contributed by atoms with E-state index >= 15 is 0 Å². The predicted molar refractivity (Wildman–Crippen MR) is 67.8 cm³/mol. The van der Waals surface area contributed by atoms with E-state index in [1.54, 1.807) is 0 Å². The quantitative estimate of drug-likeness (QED) is 0.889. The molecule has 0 heterocycles. The van der Waals surface area contributed by atoms with Gasteiger partial charge in [0.2, 0.25) is 0 Å². The molecular formula is C12H13BrF3NO2. The first-order chi connectivity index (χ1) is 8.50. The smallest absolute Gasteiger partial charge is 0.389 e. The zero-order chi connectivity index (χ0) is 14.8. The van der Waals surface area contributed by atoms with Crippen LogP contribution in [-0.4, -0.2) is 23.2 Å². The van der Waals surface area contributed by atoms with Crippen LogP contribution >= 0.6 is 15.9 Å². The summed E-state index contributed by atoms with van der Waals surface area (Å²) in [6.07, 6.45) is -4.62. The fourth-order valence-corrected chi connectivity index (χ4v) is 1.70. The number of benzene rings is 1. The first kappa shape index (κ1) is 16.0. The molecule has 0 aliphatic heterocycles. The second-order valence-electron chi connectivity index (χ2n) is 4.68. The zero-order valence-electron chi connectivity index (χ0n) is 10.3. The number of halogens is 4. The minimum absolute atomic E-state index is 0.140. The Labute approximate surface area is 116 Å². The minimum Gasteiger partial charge on any atom is -0.389 e. The summed E-state index contributed by atoms with van der Waals surface area (Å²) >= 11 is 2.94. The van der Waals surface area contributed by atoms with Crippen molar-refractivity contribution >= 4 is 21.8 Å². The molecule has 0 unspecified atom stereocenters. The average molecular weight is 340 g/mol. The molecule has 0 saturated heterocycles. The molecule has 0 saturated carbocycles. The summed E-state index contributed by atoms with van der Waals surface area (Å²) in [5.41, 5.74) is -2.68. The highest BCUT2D eigenvalue weighted by Gasteiger charge is 2.35. The molecule has 0 atom stereocenters. The third kappa shape index (κ3) is 4.83. The van der Waals surface area contributed by atoms with Crippen molar-refractivity contribution < 1.29 is 23.1 Å². The Morgan fingerprint density at radius 1 is 1.37 bits per heavy atom. The second-order valence-corrected chi connectivity index (χ2v) is 5.60. The van der Waals surface area contributed by atoms with Crippen LogP contribution in [0.1, 0.15) is 29.8 Å². The van der Waals surface area contributed by atoms with Gasteiger partial charge in [0.25, 0.3) is 5.91 Å². The number of rotatable bonds is 3. The van der Waals surface area contributed by atoms with Gasteiger partial charge in [0.05, 0.1) is 16.7 Å². The van der Waals surface area contributed by atoms with Crippen molar-refractivity contribution in [2.45, 2.75) is 25.6 Å². The topological polar surface area (TPSA) is 49.3 Å². The lowest BCUT2D eigenvalue weighted by Gasteiger charge is -2.19. The molecule has 3 nitrogen and oxygen atoms in total. The summed E-state index contributed by atoms with van der Waals surface area (Å²) < 4.78 is 38.7. The van der Waals surface area contributed by atoms with E-state index in [0.717, 1.165) is 12.1 Å². The van der Waals surface area contributed by atoms with Crippen LogP contribution in [0.4, 0.5) is 13.2 Å². The van der Waals surface area contributed by atoms with Gasteiger partial charge in [-0.1, -0.05) is 15.9 Å². The molecule has 1 amide bonds. The van der Waals surface area contributed by atoms with Gasteiger partial charge in [0.15, 0.2) is 0 Å². The fourth-order valence-electron chi connectivity index (χ4n) is 1.34. The fraction of sp³-hybridized carbons (Fsp3) is 0.417. The van der Waals surface area contributed by atoms with Gasteiger partial charge in [-0.05, 0) is 32.0 Å². The average Bonchev–Trinajstić information content (AvgIpc) is 2.23. The molecule has 2 N–H and O–H groups in total. The lowest BCUT2D eigenvalue weighted by atomic mass is 10.1. The number of carbonyl (C=O) groups excluding carboxylic acids is 1. The summed E-state index contributed by atoms with van der Waals surface area (Å²) in [5.74, 6) is -0.873. The Morgan fingerprint density at radius 2 is 1.95 bits per heavy atom. The van der Waals surface area contributed by atoms with Crippen LogP contribution in [0.15, 0.2) is 22.7 Å². The molecule has 0 bridgehead atoms. The van der Waals surface area contributed by atoms with Crippen LogP contribution < -0.4 is 5.32 Å². The van der Waals surface area contributed by atoms with Gasteiger partial charge < -0.3 is 10.4 Å². The molecule has 0 aromatic heterocycles. The van der Waals surface area contributed by atoms with E-state index in [2.05, 4.69) is 21.2 Å². The summed E-state index contributed by atoms with van der Waals surface area (Å²) in [5, 5.41) is 11.7. The number of nitrogens with one attached hydrogen (secondary N) is 1. The van der Waals surface area contributed by atoms with Crippen LogP contribution in [0.5, 0.6) is 0 Å². The number of hydrogen-bond donors (Lipinski definition) is 2. The number of hydrogen-bond acceptors (Lipinski definition) is 2. The molecule has 1 aromatic carbocycles. The summed E-state index contributed by atoms with van der Waals surface area (Å²) in [7, 11) is 0. The van der Waals surface area contributed by atoms with Crippen LogP contribution in [0.25, 0.3) is 0 Å². The van der Waals surface area contributed by atoms with Crippen LogP contribution in [-0.2, 0) is 6.18 Å². The van der Waals surface area contributed by atoms with Gasteiger partial charge in [0, 0.05) is 11.0 Å². The molecule has 106 valence electrons.